The highest BCUT2D eigenvalue weighted by molar-refractivity contribution is 5.74. The fraction of sp³-hybridized carbons (Fsp3) is 0.500. The van der Waals surface area contributed by atoms with Gasteiger partial charge in [0, 0.05) is 11.7 Å². The lowest BCUT2D eigenvalue weighted by Gasteiger charge is -2.23. The molecule has 1 unspecified atom stereocenters. The zero-order valence-electron chi connectivity index (χ0n) is 11.2. The summed E-state index contributed by atoms with van der Waals surface area (Å²) >= 11 is 0. The molecule has 1 aliphatic heterocycles. The predicted molar refractivity (Wildman–Crippen MR) is 68.6 cm³/mol. The summed E-state index contributed by atoms with van der Waals surface area (Å²) in [7, 11) is 0. The molecule has 0 spiro atoms. The largest absolute Gasteiger partial charge is 0.481 e. The lowest BCUT2D eigenvalue weighted by Crippen LogP contribution is -2.31. The van der Waals surface area contributed by atoms with Crippen molar-refractivity contribution in [3.63, 3.8) is 0 Å². The number of carbonyl (C=O) groups is 1. The molecule has 0 aromatic heterocycles. The number of nitrogens with one attached hydrogen (secondary N) is 1. The predicted octanol–water partition coefficient (Wildman–Crippen LogP) is 3.54. The van der Waals surface area contributed by atoms with Gasteiger partial charge < -0.3 is 10.4 Å². The van der Waals surface area contributed by atoms with Crippen molar-refractivity contribution < 1.29 is 23.1 Å². The van der Waals surface area contributed by atoms with Crippen LogP contribution < -0.4 is 5.32 Å². The van der Waals surface area contributed by atoms with Gasteiger partial charge in [-0.1, -0.05) is 0 Å². The number of rotatable bonds is 3. The van der Waals surface area contributed by atoms with Crippen molar-refractivity contribution in [1.82, 2.24) is 0 Å². The van der Waals surface area contributed by atoms with Crippen molar-refractivity contribution in [3.05, 3.63) is 29.3 Å². The molecule has 2 N–H and O–H groups in total. The molecule has 0 radical (unpaired) electrons. The summed E-state index contributed by atoms with van der Waals surface area (Å²) in [6, 6.07) is 3.43. The van der Waals surface area contributed by atoms with Gasteiger partial charge in [0.25, 0.3) is 0 Å². The molecule has 1 aromatic carbocycles. The Kier molecular flexibility index (Phi) is 3.44. The summed E-state index contributed by atoms with van der Waals surface area (Å²) in [5.41, 5.74) is -0.335. The summed E-state index contributed by atoms with van der Waals surface area (Å²) in [5.74, 6) is -0.911. The quantitative estimate of drug-likeness (QED) is 0.894. The van der Waals surface area contributed by atoms with Crippen LogP contribution >= 0.6 is 0 Å². The van der Waals surface area contributed by atoms with E-state index in [4.69, 9.17) is 5.11 Å². The first kappa shape index (κ1) is 14.7. The van der Waals surface area contributed by atoms with Gasteiger partial charge in [-0.2, -0.15) is 13.2 Å². The van der Waals surface area contributed by atoms with E-state index in [1.165, 1.54) is 6.07 Å². The Morgan fingerprint density at radius 1 is 1.40 bits per heavy atom. The topological polar surface area (TPSA) is 49.3 Å². The third-order valence-corrected chi connectivity index (χ3v) is 3.59. The van der Waals surface area contributed by atoms with E-state index >= 15 is 0 Å². The van der Waals surface area contributed by atoms with E-state index in [1.54, 1.807) is 13.8 Å². The fourth-order valence-electron chi connectivity index (χ4n) is 2.44. The maximum atomic E-state index is 12.6. The van der Waals surface area contributed by atoms with Gasteiger partial charge in [-0.3, -0.25) is 4.79 Å². The molecule has 0 amide bonds. The molecule has 0 saturated heterocycles. The van der Waals surface area contributed by atoms with Crippen molar-refractivity contribution in [2.45, 2.75) is 38.9 Å². The Hall–Kier alpha value is -1.72. The molecule has 2 rings (SSSR count). The third kappa shape index (κ3) is 2.89. The smallest absolute Gasteiger partial charge is 0.416 e. The lowest BCUT2D eigenvalue weighted by atomic mass is 9.85. The highest BCUT2D eigenvalue weighted by Gasteiger charge is 2.35. The van der Waals surface area contributed by atoms with Gasteiger partial charge in [-0.25, -0.2) is 0 Å². The molecule has 20 heavy (non-hydrogen) atoms. The van der Waals surface area contributed by atoms with Crippen LogP contribution in [0.25, 0.3) is 0 Å². The van der Waals surface area contributed by atoms with Crippen LogP contribution in [-0.4, -0.2) is 17.1 Å². The molecule has 0 fully saturated rings. The van der Waals surface area contributed by atoms with Crippen LogP contribution in [0.5, 0.6) is 0 Å². The van der Waals surface area contributed by atoms with E-state index < -0.39 is 23.1 Å². The van der Waals surface area contributed by atoms with E-state index in [2.05, 4.69) is 5.32 Å². The van der Waals surface area contributed by atoms with E-state index in [9.17, 15) is 18.0 Å². The van der Waals surface area contributed by atoms with E-state index in [0.29, 0.717) is 24.1 Å². The number of halogens is 3. The van der Waals surface area contributed by atoms with Crippen LogP contribution in [0, 0.1) is 5.41 Å². The number of alkyl halides is 3. The summed E-state index contributed by atoms with van der Waals surface area (Å²) in [4.78, 5) is 11.1. The summed E-state index contributed by atoms with van der Waals surface area (Å²) < 4.78 is 37.9. The number of benzene rings is 1. The highest BCUT2D eigenvalue weighted by Crippen LogP contribution is 2.37. The van der Waals surface area contributed by atoms with E-state index in [1.807, 2.05) is 0 Å². The summed E-state index contributed by atoms with van der Waals surface area (Å²) in [6.45, 7) is 3.22. The minimum absolute atomic E-state index is 0.153. The minimum Gasteiger partial charge on any atom is -0.481 e. The maximum absolute atomic E-state index is 12.6. The van der Waals surface area contributed by atoms with Crippen LogP contribution in [-0.2, 0) is 17.4 Å². The molecule has 0 bridgehead atoms. The van der Waals surface area contributed by atoms with Crippen LogP contribution in [0.4, 0.5) is 18.9 Å². The van der Waals surface area contributed by atoms with E-state index in [-0.39, 0.29) is 6.04 Å². The molecule has 1 atom stereocenters. The number of fused-ring (bicyclic) bond motifs is 1. The van der Waals surface area contributed by atoms with Crippen molar-refractivity contribution >= 4 is 11.7 Å². The van der Waals surface area contributed by atoms with Gasteiger partial charge in [0.05, 0.1) is 11.0 Å². The molecule has 1 heterocycles. The highest BCUT2D eigenvalue weighted by atomic mass is 19.4. The number of hydrogen-bond donors (Lipinski definition) is 2. The first-order valence-corrected chi connectivity index (χ1v) is 6.29. The third-order valence-electron chi connectivity index (χ3n) is 3.59. The van der Waals surface area contributed by atoms with Gasteiger partial charge in [0.1, 0.15) is 0 Å². The second-order valence-corrected chi connectivity index (χ2v) is 5.81. The van der Waals surface area contributed by atoms with Gasteiger partial charge >= 0.3 is 12.1 Å². The van der Waals surface area contributed by atoms with Crippen LogP contribution in [0.1, 0.15) is 31.4 Å². The standard InChI is InChI=1S/C14H16F3NO2/c1-13(2,12(19)20)7-10-6-8-5-9(14(15,16)17)3-4-11(8)18-10/h3-5,10,18H,6-7H2,1-2H3,(H,19,20). The first-order valence-electron chi connectivity index (χ1n) is 6.29. The van der Waals surface area contributed by atoms with E-state index in [0.717, 1.165) is 12.1 Å². The van der Waals surface area contributed by atoms with Gasteiger partial charge in [0.2, 0.25) is 0 Å². The number of carboxylic acid groups (broad SMARTS) is 1. The number of anilines is 1. The maximum Gasteiger partial charge on any atom is 0.416 e. The number of carboxylic acids is 1. The number of aliphatic carboxylic acids is 1. The molecule has 3 nitrogen and oxygen atoms in total. The number of hydrogen-bond acceptors (Lipinski definition) is 2. The van der Waals surface area contributed by atoms with Crippen molar-refractivity contribution in [2.24, 2.45) is 5.41 Å². The zero-order chi connectivity index (χ0) is 15.1. The van der Waals surface area contributed by atoms with Crippen molar-refractivity contribution in [1.29, 1.82) is 0 Å². The minimum atomic E-state index is -4.35. The monoisotopic (exact) mass is 287 g/mol. The molecule has 6 heteroatoms. The van der Waals surface area contributed by atoms with Crippen molar-refractivity contribution in [2.75, 3.05) is 5.32 Å². The average Bonchev–Trinajstić information content (AvgIpc) is 2.67. The average molecular weight is 287 g/mol. The lowest BCUT2D eigenvalue weighted by molar-refractivity contribution is -0.147. The molecule has 1 aliphatic rings. The second kappa shape index (κ2) is 4.68. The fourth-order valence-corrected chi connectivity index (χ4v) is 2.44. The molecular formula is C14H16F3NO2. The molecule has 0 saturated carbocycles. The SMILES string of the molecule is CC(C)(CC1Cc2cc(C(F)(F)F)ccc2N1)C(=O)O. The van der Waals surface area contributed by atoms with Crippen LogP contribution in [0.15, 0.2) is 18.2 Å². The molecular weight excluding hydrogens is 271 g/mol. The second-order valence-electron chi connectivity index (χ2n) is 5.81. The Bertz CT molecular complexity index is 538. The Balaban J connectivity index is 2.14. The summed E-state index contributed by atoms with van der Waals surface area (Å²) in [6.07, 6.45) is -3.58. The summed E-state index contributed by atoms with van der Waals surface area (Å²) in [5, 5.41) is 12.2. The Labute approximate surface area is 114 Å². The van der Waals surface area contributed by atoms with Crippen LogP contribution in [0.2, 0.25) is 0 Å². The van der Waals surface area contributed by atoms with Crippen LogP contribution in [0.3, 0.4) is 0 Å². The Morgan fingerprint density at radius 3 is 2.60 bits per heavy atom. The van der Waals surface area contributed by atoms with Crippen molar-refractivity contribution in [3.8, 4) is 0 Å². The Morgan fingerprint density at radius 2 is 2.05 bits per heavy atom. The normalized spacial score (nSPS) is 18.6. The van der Waals surface area contributed by atoms with Gasteiger partial charge in [0.15, 0.2) is 0 Å². The van der Waals surface area contributed by atoms with Gasteiger partial charge in [-0.15, -0.1) is 0 Å². The molecule has 0 aliphatic carbocycles. The first-order chi connectivity index (χ1) is 9.09. The zero-order valence-corrected chi connectivity index (χ0v) is 11.2. The molecule has 110 valence electrons. The van der Waals surface area contributed by atoms with Gasteiger partial charge in [-0.05, 0) is 50.5 Å². The molecule has 1 aromatic rings.